The van der Waals surface area contributed by atoms with Crippen LogP contribution in [0.15, 0.2) is 41.4 Å². The van der Waals surface area contributed by atoms with Gasteiger partial charge >= 0.3 is 0 Å². The number of hydrogen-bond donors (Lipinski definition) is 2. The van der Waals surface area contributed by atoms with Gasteiger partial charge in [0.2, 0.25) is 10.0 Å². The highest BCUT2D eigenvalue weighted by atomic mass is 35.5. The van der Waals surface area contributed by atoms with Crippen LogP contribution in [0.25, 0.3) is 0 Å². The lowest BCUT2D eigenvalue weighted by Gasteiger charge is -2.26. The molecular formula is C19H23ClN4O3S. The van der Waals surface area contributed by atoms with E-state index >= 15 is 0 Å². The molecule has 1 amide bonds. The van der Waals surface area contributed by atoms with Gasteiger partial charge in [-0.1, -0.05) is 23.7 Å². The first-order valence-corrected chi connectivity index (χ1v) is 11.1. The van der Waals surface area contributed by atoms with Crippen LogP contribution < -0.4 is 10.5 Å². The summed E-state index contributed by atoms with van der Waals surface area (Å²) in [7, 11) is -3.68. The standard InChI is InChI=1S/C19H23ClN4O3S/c20-17-12-15(19(25)24-10-2-1-3-11-24)13-23-18(17)22-9-8-14-4-6-16(7-5-14)28(21,26)27/h4-7,12-13H,1-3,8-11H2,(H,22,23)(H2,21,26,27). The zero-order valence-electron chi connectivity index (χ0n) is 15.4. The van der Waals surface area contributed by atoms with Crippen LogP contribution in [0, 0.1) is 0 Å². The maximum absolute atomic E-state index is 12.5. The van der Waals surface area contributed by atoms with E-state index in [4.69, 9.17) is 16.7 Å². The van der Waals surface area contributed by atoms with Crippen LogP contribution >= 0.6 is 11.6 Å². The highest BCUT2D eigenvalue weighted by Gasteiger charge is 2.19. The second-order valence-electron chi connectivity index (χ2n) is 6.77. The summed E-state index contributed by atoms with van der Waals surface area (Å²) in [6.45, 7) is 2.11. The van der Waals surface area contributed by atoms with Crippen molar-refractivity contribution in [3.63, 3.8) is 0 Å². The molecule has 3 rings (SSSR count). The van der Waals surface area contributed by atoms with Crippen molar-refractivity contribution in [1.29, 1.82) is 0 Å². The van der Waals surface area contributed by atoms with Gasteiger partial charge in [-0.2, -0.15) is 0 Å². The molecule has 0 bridgehead atoms. The molecule has 1 aliphatic rings. The number of sulfonamides is 1. The van der Waals surface area contributed by atoms with Gasteiger partial charge in [0.15, 0.2) is 0 Å². The topological polar surface area (TPSA) is 105 Å². The molecule has 28 heavy (non-hydrogen) atoms. The lowest BCUT2D eigenvalue weighted by molar-refractivity contribution is 0.0724. The Hall–Kier alpha value is -2.16. The molecule has 2 heterocycles. The van der Waals surface area contributed by atoms with Crippen molar-refractivity contribution in [1.82, 2.24) is 9.88 Å². The summed E-state index contributed by atoms with van der Waals surface area (Å²) in [5.74, 6) is 0.480. The number of anilines is 1. The molecule has 1 aromatic carbocycles. The Morgan fingerprint density at radius 3 is 2.46 bits per heavy atom. The molecule has 150 valence electrons. The van der Waals surface area contributed by atoms with Crippen LogP contribution in [0.3, 0.4) is 0 Å². The maximum atomic E-state index is 12.5. The largest absolute Gasteiger partial charge is 0.369 e. The van der Waals surface area contributed by atoms with Crippen LogP contribution in [0.5, 0.6) is 0 Å². The smallest absolute Gasteiger partial charge is 0.255 e. The second kappa shape index (κ2) is 8.89. The van der Waals surface area contributed by atoms with Gasteiger partial charge in [0.1, 0.15) is 5.82 Å². The van der Waals surface area contributed by atoms with Gasteiger partial charge in [-0.25, -0.2) is 18.5 Å². The first-order chi connectivity index (χ1) is 13.3. The number of likely N-dealkylation sites (tertiary alicyclic amines) is 1. The molecule has 1 saturated heterocycles. The Kier molecular flexibility index (Phi) is 6.53. The van der Waals surface area contributed by atoms with Crippen molar-refractivity contribution in [2.75, 3.05) is 25.0 Å². The van der Waals surface area contributed by atoms with Crippen LogP contribution in [-0.2, 0) is 16.4 Å². The third-order valence-corrected chi connectivity index (χ3v) is 5.91. The highest BCUT2D eigenvalue weighted by Crippen LogP contribution is 2.22. The molecule has 0 aliphatic carbocycles. The van der Waals surface area contributed by atoms with Crippen molar-refractivity contribution in [2.24, 2.45) is 5.14 Å². The minimum Gasteiger partial charge on any atom is -0.369 e. The average Bonchev–Trinajstić information content (AvgIpc) is 2.69. The number of rotatable bonds is 6. The molecule has 0 saturated carbocycles. The number of carbonyl (C=O) groups is 1. The molecule has 1 aromatic heterocycles. The summed E-state index contributed by atoms with van der Waals surface area (Å²) in [4.78, 5) is 18.7. The fourth-order valence-corrected chi connectivity index (χ4v) is 3.88. The maximum Gasteiger partial charge on any atom is 0.255 e. The number of nitrogens with zero attached hydrogens (tertiary/aromatic N) is 2. The number of piperidine rings is 1. The lowest BCUT2D eigenvalue weighted by atomic mass is 10.1. The zero-order valence-corrected chi connectivity index (χ0v) is 17.0. The molecule has 0 unspecified atom stereocenters. The Morgan fingerprint density at radius 1 is 1.18 bits per heavy atom. The van der Waals surface area contributed by atoms with Crippen molar-refractivity contribution >= 4 is 33.3 Å². The molecule has 0 spiro atoms. The van der Waals surface area contributed by atoms with Gasteiger partial charge < -0.3 is 10.2 Å². The quantitative estimate of drug-likeness (QED) is 0.744. The van der Waals surface area contributed by atoms with Crippen LogP contribution in [0.2, 0.25) is 5.02 Å². The first kappa shape index (κ1) is 20.6. The lowest BCUT2D eigenvalue weighted by Crippen LogP contribution is -2.35. The van der Waals surface area contributed by atoms with Crippen LogP contribution in [-0.4, -0.2) is 43.8 Å². The highest BCUT2D eigenvalue weighted by molar-refractivity contribution is 7.89. The third kappa shape index (κ3) is 5.21. The third-order valence-electron chi connectivity index (χ3n) is 4.69. The van der Waals surface area contributed by atoms with Gasteiger partial charge in [0.25, 0.3) is 5.91 Å². The molecule has 1 aliphatic heterocycles. The van der Waals surface area contributed by atoms with E-state index in [0.29, 0.717) is 29.4 Å². The number of halogens is 1. The SMILES string of the molecule is NS(=O)(=O)c1ccc(CCNc2ncc(C(=O)N3CCCCC3)cc2Cl)cc1. The Bertz CT molecular complexity index is 942. The number of primary sulfonamides is 1. The Labute approximate surface area is 169 Å². The first-order valence-electron chi connectivity index (χ1n) is 9.15. The molecular weight excluding hydrogens is 400 g/mol. The van der Waals surface area contributed by atoms with Gasteiger partial charge in [0, 0.05) is 25.8 Å². The number of nitrogens with two attached hydrogens (primary N) is 1. The molecule has 3 N–H and O–H groups in total. The van der Waals surface area contributed by atoms with Gasteiger partial charge in [-0.05, 0) is 49.4 Å². The van der Waals surface area contributed by atoms with E-state index in [1.165, 1.54) is 12.1 Å². The van der Waals surface area contributed by atoms with E-state index in [1.54, 1.807) is 24.4 Å². The molecule has 0 atom stereocenters. The van der Waals surface area contributed by atoms with Crippen molar-refractivity contribution in [3.8, 4) is 0 Å². The number of carbonyl (C=O) groups excluding carboxylic acids is 1. The zero-order chi connectivity index (χ0) is 20.1. The fourth-order valence-electron chi connectivity index (χ4n) is 3.14. The minimum atomic E-state index is -3.68. The number of benzene rings is 1. The summed E-state index contributed by atoms with van der Waals surface area (Å²) < 4.78 is 22.5. The molecule has 9 heteroatoms. The Morgan fingerprint density at radius 2 is 1.86 bits per heavy atom. The van der Waals surface area contributed by atoms with Crippen LogP contribution in [0.1, 0.15) is 35.2 Å². The van der Waals surface area contributed by atoms with E-state index in [1.807, 2.05) is 4.90 Å². The van der Waals surface area contributed by atoms with Crippen LogP contribution in [0.4, 0.5) is 5.82 Å². The molecule has 2 aromatic rings. The van der Waals surface area contributed by atoms with E-state index in [0.717, 1.165) is 37.9 Å². The number of aromatic nitrogens is 1. The summed E-state index contributed by atoms with van der Waals surface area (Å²) in [5, 5.41) is 8.63. The number of hydrogen-bond acceptors (Lipinski definition) is 5. The molecule has 1 fully saturated rings. The Balaban J connectivity index is 1.57. The molecule has 7 nitrogen and oxygen atoms in total. The number of pyridine rings is 1. The van der Waals surface area contributed by atoms with Crippen molar-refractivity contribution in [3.05, 3.63) is 52.7 Å². The van der Waals surface area contributed by atoms with Gasteiger partial charge in [-0.15, -0.1) is 0 Å². The van der Waals surface area contributed by atoms with E-state index in [9.17, 15) is 13.2 Å². The van der Waals surface area contributed by atoms with Crippen molar-refractivity contribution < 1.29 is 13.2 Å². The predicted octanol–water partition coefficient (Wildman–Crippen LogP) is 2.66. The molecule has 0 radical (unpaired) electrons. The van der Waals surface area contributed by atoms with Crippen molar-refractivity contribution in [2.45, 2.75) is 30.6 Å². The summed E-state index contributed by atoms with van der Waals surface area (Å²) in [6, 6.07) is 8.05. The summed E-state index contributed by atoms with van der Waals surface area (Å²) >= 11 is 6.29. The van der Waals surface area contributed by atoms with E-state index in [2.05, 4.69) is 10.3 Å². The number of nitrogens with one attached hydrogen (secondary N) is 1. The monoisotopic (exact) mass is 422 g/mol. The van der Waals surface area contributed by atoms with E-state index in [-0.39, 0.29) is 10.8 Å². The average molecular weight is 423 g/mol. The fraction of sp³-hybridized carbons (Fsp3) is 0.368. The summed E-state index contributed by atoms with van der Waals surface area (Å²) in [6.07, 6.45) is 5.43. The minimum absolute atomic E-state index is 0.0319. The summed E-state index contributed by atoms with van der Waals surface area (Å²) in [5.41, 5.74) is 1.45. The number of amides is 1. The van der Waals surface area contributed by atoms with Gasteiger partial charge in [0.05, 0.1) is 15.5 Å². The van der Waals surface area contributed by atoms with Gasteiger partial charge in [-0.3, -0.25) is 4.79 Å². The second-order valence-corrected chi connectivity index (χ2v) is 8.74. The van der Waals surface area contributed by atoms with E-state index < -0.39 is 10.0 Å². The normalized spacial score (nSPS) is 14.7. The predicted molar refractivity (Wildman–Crippen MR) is 109 cm³/mol.